The predicted molar refractivity (Wildman–Crippen MR) is 110 cm³/mol. The first-order chi connectivity index (χ1) is 13.3. The van der Waals surface area contributed by atoms with Gasteiger partial charge in [0.25, 0.3) is 5.91 Å². The van der Waals surface area contributed by atoms with E-state index in [0.29, 0.717) is 38.5 Å². The van der Waals surface area contributed by atoms with Crippen molar-refractivity contribution < 1.29 is 18.7 Å². The summed E-state index contributed by atoms with van der Waals surface area (Å²) < 4.78 is 24.5. The number of rotatable bonds is 5. The number of ether oxygens (including phenoxy) is 2. The van der Waals surface area contributed by atoms with Crippen LogP contribution in [0.5, 0.6) is 11.5 Å². The molecule has 0 atom stereocenters. The Balaban J connectivity index is 1.89. The van der Waals surface area contributed by atoms with E-state index in [9.17, 15) is 9.18 Å². The number of hydrogen-bond acceptors (Lipinski definition) is 4. The van der Waals surface area contributed by atoms with E-state index in [-0.39, 0.29) is 18.3 Å². The van der Waals surface area contributed by atoms with Gasteiger partial charge in [0.1, 0.15) is 18.1 Å². The van der Waals surface area contributed by atoms with E-state index in [1.165, 1.54) is 24.1 Å². The number of likely N-dealkylation sites (N-methyl/N-ethyl adjacent to an activating group) is 2. The van der Waals surface area contributed by atoms with Crippen LogP contribution in [0.15, 0.2) is 42.1 Å². The van der Waals surface area contributed by atoms with Gasteiger partial charge in [-0.3, -0.25) is 9.69 Å². The highest BCUT2D eigenvalue weighted by atomic mass is 35.5. The van der Waals surface area contributed by atoms with Crippen molar-refractivity contribution in [2.24, 2.45) is 0 Å². The summed E-state index contributed by atoms with van der Waals surface area (Å²) in [5, 5.41) is 0.732. The average Bonchev–Trinajstić information content (AvgIpc) is 2.84. The number of carbonyl (C=O) groups excluding carboxylic acids is 1. The third-order valence-corrected chi connectivity index (χ3v) is 5.11. The molecule has 0 spiro atoms. The molecule has 1 aliphatic rings. The quantitative estimate of drug-likeness (QED) is 0.538. The van der Waals surface area contributed by atoms with Crippen LogP contribution in [0.25, 0.3) is 6.08 Å². The zero-order valence-electron chi connectivity index (χ0n) is 15.5. The van der Waals surface area contributed by atoms with Crippen molar-refractivity contribution in [1.82, 2.24) is 9.80 Å². The molecule has 146 valence electrons. The molecular formula is C20H18ClFN2O3S. The summed E-state index contributed by atoms with van der Waals surface area (Å²) >= 11 is 11.6. The van der Waals surface area contributed by atoms with Gasteiger partial charge in [-0.2, -0.15) is 0 Å². The smallest absolute Gasteiger partial charge is 0.276 e. The predicted octanol–water partition coefficient (Wildman–Crippen LogP) is 4.10. The number of carbonyl (C=O) groups is 1. The molecule has 0 aliphatic carbocycles. The number of thiocarbonyl (C=S) groups is 1. The van der Waals surface area contributed by atoms with Crippen LogP contribution in [-0.4, -0.2) is 42.0 Å². The summed E-state index contributed by atoms with van der Waals surface area (Å²) in [7, 11) is 4.84. The van der Waals surface area contributed by atoms with Crippen LogP contribution in [0.2, 0.25) is 5.02 Å². The molecule has 0 bridgehead atoms. The normalized spacial score (nSPS) is 15.5. The number of nitrogens with zero attached hydrogens (tertiary/aromatic N) is 2. The van der Waals surface area contributed by atoms with E-state index in [2.05, 4.69) is 0 Å². The Morgan fingerprint density at radius 1 is 1.21 bits per heavy atom. The van der Waals surface area contributed by atoms with Crippen molar-refractivity contribution in [2.45, 2.75) is 6.61 Å². The van der Waals surface area contributed by atoms with Crippen LogP contribution in [0.1, 0.15) is 11.1 Å². The number of methoxy groups -OCH3 is 1. The fourth-order valence-electron chi connectivity index (χ4n) is 2.79. The third-order valence-electron chi connectivity index (χ3n) is 4.29. The molecule has 28 heavy (non-hydrogen) atoms. The van der Waals surface area contributed by atoms with E-state index in [1.807, 2.05) is 0 Å². The lowest BCUT2D eigenvalue weighted by molar-refractivity contribution is -0.121. The van der Waals surface area contributed by atoms with E-state index in [1.54, 1.807) is 49.3 Å². The fraction of sp³-hybridized carbons (Fsp3) is 0.200. The molecule has 3 rings (SSSR count). The molecule has 2 aromatic rings. The highest BCUT2D eigenvalue weighted by Gasteiger charge is 2.32. The average molecular weight is 421 g/mol. The minimum absolute atomic E-state index is 0.133. The molecule has 0 radical (unpaired) electrons. The molecule has 0 unspecified atom stereocenters. The van der Waals surface area contributed by atoms with Gasteiger partial charge < -0.3 is 14.4 Å². The fourth-order valence-corrected chi connectivity index (χ4v) is 3.25. The SMILES string of the molecule is COc1cc(/C=C2/C(=O)N(C)C(=S)N2C)cc(Cl)c1OCc1cccc(F)c1. The first-order valence-electron chi connectivity index (χ1n) is 8.34. The number of hydrogen-bond donors (Lipinski definition) is 0. The van der Waals surface area contributed by atoms with Crippen LogP contribution < -0.4 is 9.47 Å². The largest absolute Gasteiger partial charge is 0.493 e. The Kier molecular flexibility index (Phi) is 5.86. The molecule has 0 N–H and O–H groups in total. The highest BCUT2D eigenvalue weighted by Crippen LogP contribution is 2.38. The lowest BCUT2D eigenvalue weighted by atomic mass is 10.1. The van der Waals surface area contributed by atoms with E-state index >= 15 is 0 Å². The second-order valence-electron chi connectivity index (χ2n) is 6.19. The van der Waals surface area contributed by atoms with E-state index < -0.39 is 0 Å². The topological polar surface area (TPSA) is 42.0 Å². The van der Waals surface area contributed by atoms with E-state index in [0.717, 1.165) is 0 Å². The monoisotopic (exact) mass is 420 g/mol. The minimum atomic E-state index is -0.339. The van der Waals surface area contributed by atoms with Crippen LogP contribution in [0.4, 0.5) is 4.39 Å². The Hall–Kier alpha value is -2.64. The van der Waals surface area contributed by atoms with Gasteiger partial charge in [0, 0.05) is 14.1 Å². The zero-order chi connectivity index (χ0) is 20.4. The molecule has 0 saturated carbocycles. The Bertz CT molecular complexity index is 980. The second-order valence-corrected chi connectivity index (χ2v) is 6.96. The lowest BCUT2D eigenvalue weighted by Gasteiger charge is -2.14. The van der Waals surface area contributed by atoms with Crippen LogP contribution in [0, 0.1) is 5.82 Å². The molecule has 5 nitrogen and oxygen atoms in total. The van der Waals surface area contributed by atoms with Gasteiger partial charge in [-0.25, -0.2) is 4.39 Å². The number of halogens is 2. The van der Waals surface area contributed by atoms with Gasteiger partial charge in [0.2, 0.25) is 0 Å². The van der Waals surface area contributed by atoms with Crippen LogP contribution in [-0.2, 0) is 11.4 Å². The maximum absolute atomic E-state index is 13.3. The Morgan fingerprint density at radius 3 is 2.57 bits per heavy atom. The zero-order valence-corrected chi connectivity index (χ0v) is 17.1. The summed E-state index contributed by atoms with van der Waals surface area (Å²) in [6.45, 7) is 0.133. The van der Waals surface area contributed by atoms with Crippen molar-refractivity contribution in [3.63, 3.8) is 0 Å². The van der Waals surface area contributed by atoms with Crippen molar-refractivity contribution in [3.05, 3.63) is 64.1 Å². The molecule has 1 aliphatic heterocycles. The van der Waals surface area contributed by atoms with Crippen LogP contribution in [0.3, 0.4) is 0 Å². The molecule has 1 amide bonds. The van der Waals surface area contributed by atoms with Gasteiger partial charge in [-0.1, -0.05) is 23.7 Å². The van der Waals surface area contributed by atoms with Gasteiger partial charge in [0.05, 0.1) is 12.1 Å². The summed E-state index contributed by atoms with van der Waals surface area (Å²) in [6.07, 6.45) is 1.68. The standard InChI is InChI=1S/C20H18ClFN2O3S/c1-23-16(19(25)24(2)20(23)28)9-13-8-15(21)18(17(10-13)26-3)27-11-12-5-4-6-14(22)7-12/h4-10H,11H2,1-3H3/b16-9-. The molecule has 1 heterocycles. The molecule has 0 aromatic heterocycles. The van der Waals surface area contributed by atoms with Crippen LogP contribution >= 0.6 is 23.8 Å². The van der Waals surface area contributed by atoms with E-state index in [4.69, 9.17) is 33.3 Å². The van der Waals surface area contributed by atoms with Gasteiger partial charge in [-0.15, -0.1) is 0 Å². The molecule has 1 fully saturated rings. The summed E-state index contributed by atoms with van der Waals surface area (Å²) in [4.78, 5) is 15.4. The minimum Gasteiger partial charge on any atom is -0.493 e. The van der Waals surface area contributed by atoms with Gasteiger partial charge >= 0.3 is 0 Å². The maximum Gasteiger partial charge on any atom is 0.276 e. The van der Waals surface area contributed by atoms with Crippen molar-refractivity contribution >= 4 is 40.9 Å². The van der Waals surface area contributed by atoms with Crippen molar-refractivity contribution in [1.29, 1.82) is 0 Å². The molecule has 1 saturated heterocycles. The maximum atomic E-state index is 13.3. The van der Waals surface area contributed by atoms with Gasteiger partial charge in [0.15, 0.2) is 16.6 Å². The third kappa shape index (κ3) is 3.95. The summed E-state index contributed by atoms with van der Waals surface area (Å²) in [5.74, 6) is 0.206. The summed E-state index contributed by atoms with van der Waals surface area (Å²) in [5.41, 5.74) is 1.76. The van der Waals surface area contributed by atoms with Gasteiger partial charge in [-0.05, 0) is 53.7 Å². The summed E-state index contributed by atoms with van der Waals surface area (Å²) in [6, 6.07) is 9.49. The first-order valence-corrected chi connectivity index (χ1v) is 9.12. The highest BCUT2D eigenvalue weighted by molar-refractivity contribution is 7.80. The molecule has 2 aromatic carbocycles. The number of benzene rings is 2. The first kappa shape index (κ1) is 20.1. The lowest BCUT2D eigenvalue weighted by Crippen LogP contribution is -2.26. The van der Waals surface area contributed by atoms with Crippen molar-refractivity contribution in [2.75, 3.05) is 21.2 Å². The molecule has 8 heteroatoms. The Morgan fingerprint density at radius 2 is 1.96 bits per heavy atom. The number of amides is 1. The second kappa shape index (κ2) is 8.16. The molecular weight excluding hydrogens is 403 g/mol. The Labute approximate surface area is 172 Å². The van der Waals surface area contributed by atoms with Crippen molar-refractivity contribution in [3.8, 4) is 11.5 Å².